The maximum absolute atomic E-state index is 13.6. The van der Waals surface area contributed by atoms with Gasteiger partial charge in [-0.15, -0.1) is 0 Å². The highest BCUT2D eigenvalue weighted by Crippen LogP contribution is 2.32. The zero-order chi connectivity index (χ0) is 17.3. The molecule has 0 saturated carbocycles. The van der Waals surface area contributed by atoms with E-state index < -0.39 is 17.5 Å². The molecule has 0 aromatic heterocycles. The monoisotopic (exact) mass is 332 g/mol. The fraction of sp³-hybridized carbons (Fsp3) is 0.176. The fourth-order valence-electron chi connectivity index (χ4n) is 2.41. The van der Waals surface area contributed by atoms with E-state index >= 15 is 0 Å². The number of carbonyl (C=O) groups is 2. The Balaban J connectivity index is 1.79. The number of amides is 2. The summed E-state index contributed by atoms with van der Waals surface area (Å²) < 4.78 is 31.8. The topological polar surface area (TPSA) is 58.6 Å². The molecule has 2 aromatic carbocycles. The molecule has 0 radical (unpaired) electrons. The number of benzene rings is 2. The van der Waals surface area contributed by atoms with Crippen LogP contribution in [0.25, 0.3) is 0 Å². The van der Waals surface area contributed by atoms with E-state index in [1.54, 1.807) is 12.1 Å². The van der Waals surface area contributed by atoms with Crippen molar-refractivity contribution in [1.82, 2.24) is 0 Å². The number of hydrogen-bond acceptors (Lipinski definition) is 3. The molecule has 0 unspecified atom stereocenters. The van der Waals surface area contributed by atoms with Crippen LogP contribution in [0.3, 0.4) is 0 Å². The van der Waals surface area contributed by atoms with Crippen LogP contribution < -0.4 is 15.0 Å². The van der Waals surface area contributed by atoms with E-state index in [1.807, 2.05) is 13.0 Å². The van der Waals surface area contributed by atoms with Gasteiger partial charge in [0.25, 0.3) is 5.91 Å². The predicted octanol–water partition coefficient (Wildman–Crippen LogP) is 2.64. The molecule has 1 aliphatic heterocycles. The summed E-state index contributed by atoms with van der Waals surface area (Å²) >= 11 is 0. The van der Waals surface area contributed by atoms with Crippen LogP contribution in [0.5, 0.6) is 5.75 Å². The molecule has 124 valence electrons. The van der Waals surface area contributed by atoms with Crippen LogP contribution in [-0.4, -0.2) is 25.0 Å². The third-order valence-corrected chi connectivity index (χ3v) is 3.56. The third-order valence-electron chi connectivity index (χ3n) is 3.56. The number of anilines is 2. The lowest BCUT2D eigenvalue weighted by molar-refractivity contribution is -0.123. The molecule has 0 aliphatic carbocycles. The molecule has 0 spiro atoms. The number of halogens is 2. The summed E-state index contributed by atoms with van der Waals surface area (Å²) in [6, 6.07) is 8.13. The normalized spacial score (nSPS) is 13.3. The second-order valence-electron chi connectivity index (χ2n) is 5.41. The Kier molecular flexibility index (Phi) is 4.16. The van der Waals surface area contributed by atoms with Crippen LogP contribution >= 0.6 is 0 Å². The largest absolute Gasteiger partial charge is 0.482 e. The summed E-state index contributed by atoms with van der Waals surface area (Å²) in [7, 11) is 0. The minimum atomic E-state index is -0.882. The van der Waals surface area contributed by atoms with Crippen LogP contribution in [-0.2, 0) is 9.59 Å². The van der Waals surface area contributed by atoms with Gasteiger partial charge in [-0.1, -0.05) is 6.07 Å². The van der Waals surface area contributed by atoms with Gasteiger partial charge >= 0.3 is 0 Å². The van der Waals surface area contributed by atoms with Crippen molar-refractivity contribution in [3.8, 4) is 5.75 Å². The number of fused-ring (bicyclic) bond motifs is 1. The molecule has 0 fully saturated rings. The van der Waals surface area contributed by atoms with Crippen molar-refractivity contribution in [3.05, 3.63) is 53.6 Å². The van der Waals surface area contributed by atoms with Crippen molar-refractivity contribution in [1.29, 1.82) is 0 Å². The highest BCUT2D eigenvalue weighted by atomic mass is 19.1. The van der Waals surface area contributed by atoms with Gasteiger partial charge in [-0.3, -0.25) is 14.5 Å². The first-order chi connectivity index (χ1) is 11.4. The Hall–Kier alpha value is -2.96. The minimum Gasteiger partial charge on any atom is -0.482 e. The standard InChI is InChI=1S/C17H14F2N2O3/c1-10-2-5-15-14(6-10)21(17(23)9-24-15)8-16(22)20-13-4-3-11(18)7-12(13)19/h2-7H,8-9H2,1H3,(H,20,22). The van der Waals surface area contributed by atoms with Crippen molar-refractivity contribution >= 4 is 23.2 Å². The smallest absolute Gasteiger partial charge is 0.265 e. The first kappa shape index (κ1) is 15.9. The molecule has 2 amide bonds. The number of nitrogens with one attached hydrogen (secondary N) is 1. The summed E-state index contributed by atoms with van der Waals surface area (Å²) in [6.07, 6.45) is 0. The Morgan fingerprint density at radius 3 is 2.79 bits per heavy atom. The van der Waals surface area contributed by atoms with Crippen molar-refractivity contribution in [2.24, 2.45) is 0 Å². The van der Waals surface area contributed by atoms with Crippen LogP contribution in [0.4, 0.5) is 20.2 Å². The summed E-state index contributed by atoms with van der Waals surface area (Å²) in [5.74, 6) is -2.09. The molecule has 0 atom stereocenters. The highest BCUT2D eigenvalue weighted by Gasteiger charge is 2.27. The van der Waals surface area contributed by atoms with Gasteiger partial charge in [0.05, 0.1) is 11.4 Å². The summed E-state index contributed by atoms with van der Waals surface area (Å²) in [5, 5.41) is 2.34. The van der Waals surface area contributed by atoms with E-state index in [0.717, 1.165) is 17.7 Å². The minimum absolute atomic E-state index is 0.147. The molecule has 1 aliphatic rings. The maximum Gasteiger partial charge on any atom is 0.265 e. The van der Waals surface area contributed by atoms with Gasteiger partial charge in [-0.2, -0.15) is 0 Å². The molecule has 7 heteroatoms. The Bertz CT molecular complexity index is 823. The first-order valence-corrected chi connectivity index (χ1v) is 7.23. The van der Waals surface area contributed by atoms with Crippen molar-refractivity contribution in [2.45, 2.75) is 6.92 Å². The Labute approximate surface area is 136 Å². The number of aryl methyl sites for hydroxylation is 1. The van der Waals surface area contributed by atoms with Crippen LogP contribution in [0, 0.1) is 18.6 Å². The van der Waals surface area contributed by atoms with E-state index in [0.29, 0.717) is 17.5 Å². The van der Waals surface area contributed by atoms with Crippen LogP contribution in [0.1, 0.15) is 5.56 Å². The number of hydrogen-bond donors (Lipinski definition) is 1. The van der Waals surface area contributed by atoms with E-state index in [4.69, 9.17) is 4.74 Å². The molecule has 3 rings (SSSR count). The molecule has 0 bridgehead atoms. The van der Waals surface area contributed by atoms with Gasteiger partial charge in [0, 0.05) is 6.07 Å². The first-order valence-electron chi connectivity index (χ1n) is 7.23. The fourth-order valence-corrected chi connectivity index (χ4v) is 2.41. The van der Waals surface area contributed by atoms with Crippen LogP contribution in [0.15, 0.2) is 36.4 Å². The van der Waals surface area contributed by atoms with Gasteiger partial charge in [-0.25, -0.2) is 8.78 Å². The molecular weight excluding hydrogens is 318 g/mol. The molecule has 2 aromatic rings. The van der Waals surface area contributed by atoms with Gasteiger partial charge in [0.15, 0.2) is 6.61 Å². The molecule has 1 heterocycles. The van der Waals surface area contributed by atoms with Gasteiger partial charge in [0.1, 0.15) is 23.9 Å². The average molecular weight is 332 g/mol. The van der Waals surface area contributed by atoms with E-state index in [-0.39, 0.29) is 24.7 Å². The summed E-state index contributed by atoms with van der Waals surface area (Å²) in [5.41, 5.74) is 1.24. The van der Waals surface area contributed by atoms with Crippen LogP contribution in [0.2, 0.25) is 0 Å². The lowest BCUT2D eigenvalue weighted by Gasteiger charge is -2.29. The summed E-state index contributed by atoms with van der Waals surface area (Å²) in [6.45, 7) is 1.38. The number of rotatable bonds is 3. The van der Waals surface area contributed by atoms with Crippen molar-refractivity contribution in [2.75, 3.05) is 23.4 Å². The van der Waals surface area contributed by atoms with E-state index in [1.165, 1.54) is 4.90 Å². The summed E-state index contributed by atoms with van der Waals surface area (Å²) in [4.78, 5) is 25.5. The Morgan fingerprint density at radius 1 is 1.25 bits per heavy atom. The van der Waals surface area contributed by atoms with Gasteiger partial charge < -0.3 is 10.1 Å². The average Bonchev–Trinajstić information content (AvgIpc) is 2.53. The molecule has 24 heavy (non-hydrogen) atoms. The number of nitrogens with zero attached hydrogens (tertiary/aromatic N) is 1. The molecule has 5 nitrogen and oxygen atoms in total. The van der Waals surface area contributed by atoms with Gasteiger partial charge in [-0.05, 0) is 36.8 Å². The lowest BCUT2D eigenvalue weighted by Crippen LogP contribution is -2.43. The van der Waals surface area contributed by atoms with E-state index in [2.05, 4.69) is 5.32 Å². The molecule has 0 saturated heterocycles. The SMILES string of the molecule is Cc1ccc2c(c1)N(CC(=O)Nc1ccc(F)cc1F)C(=O)CO2. The lowest BCUT2D eigenvalue weighted by atomic mass is 10.1. The highest BCUT2D eigenvalue weighted by molar-refractivity contribution is 6.05. The maximum atomic E-state index is 13.6. The van der Waals surface area contributed by atoms with Crippen molar-refractivity contribution in [3.63, 3.8) is 0 Å². The Morgan fingerprint density at radius 2 is 2.04 bits per heavy atom. The quantitative estimate of drug-likeness (QED) is 0.940. The number of ether oxygens (including phenoxy) is 1. The second-order valence-corrected chi connectivity index (χ2v) is 5.41. The zero-order valence-corrected chi connectivity index (χ0v) is 12.8. The molecular formula is C17H14F2N2O3. The second kappa shape index (κ2) is 6.27. The molecule has 1 N–H and O–H groups in total. The van der Waals surface area contributed by atoms with Gasteiger partial charge in [0.2, 0.25) is 5.91 Å². The predicted molar refractivity (Wildman–Crippen MR) is 84.0 cm³/mol. The number of carbonyl (C=O) groups excluding carboxylic acids is 2. The zero-order valence-electron chi connectivity index (χ0n) is 12.8. The van der Waals surface area contributed by atoms with E-state index in [9.17, 15) is 18.4 Å². The van der Waals surface area contributed by atoms with Crippen molar-refractivity contribution < 1.29 is 23.1 Å². The third kappa shape index (κ3) is 3.19.